The Kier molecular flexibility index (Phi) is 5.80. The SMILES string of the molecule is COc1ccc(S(=O)(=O)N2Cc3ccccc3C[C@@H]2C(=O)Nc2ccccc2C)cc1. The van der Waals surface area contributed by atoms with Crippen molar-refractivity contribution in [1.29, 1.82) is 0 Å². The summed E-state index contributed by atoms with van der Waals surface area (Å²) in [6.07, 6.45) is 0.309. The summed E-state index contributed by atoms with van der Waals surface area (Å²) < 4.78 is 33.5. The molecule has 1 N–H and O–H groups in total. The smallest absolute Gasteiger partial charge is 0.244 e. The van der Waals surface area contributed by atoms with Crippen LogP contribution >= 0.6 is 0 Å². The Morgan fingerprint density at radius 2 is 1.61 bits per heavy atom. The van der Waals surface area contributed by atoms with E-state index in [-0.39, 0.29) is 17.3 Å². The van der Waals surface area contributed by atoms with Gasteiger partial charge in [0.25, 0.3) is 0 Å². The zero-order chi connectivity index (χ0) is 22.0. The molecular weight excluding hydrogens is 412 g/mol. The molecule has 0 aromatic heterocycles. The van der Waals surface area contributed by atoms with E-state index < -0.39 is 16.1 Å². The number of hydrogen-bond donors (Lipinski definition) is 1. The molecule has 1 aliphatic rings. The third-order valence-corrected chi connectivity index (χ3v) is 7.45. The summed E-state index contributed by atoms with van der Waals surface area (Å²) in [6.45, 7) is 2.04. The van der Waals surface area contributed by atoms with Gasteiger partial charge in [0.2, 0.25) is 15.9 Å². The number of hydrogen-bond acceptors (Lipinski definition) is 4. The minimum atomic E-state index is -3.91. The molecule has 0 unspecified atom stereocenters. The van der Waals surface area contributed by atoms with Crippen LogP contribution in [0.4, 0.5) is 5.69 Å². The summed E-state index contributed by atoms with van der Waals surface area (Å²) in [7, 11) is -2.38. The van der Waals surface area contributed by atoms with Crippen LogP contribution in [-0.2, 0) is 27.8 Å². The first-order valence-electron chi connectivity index (χ1n) is 9.99. The van der Waals surface area contributed by atoms with Crippen molar-refractivity contribution in [2.24, 2.45) is 0 Å². The molecule has 31 heavy (non-hydrogen) atoms. The molecule has 0 bridgehead atoms. The van der Waals surface area contributed by atoms with Crippen LogP contribution in [0, 0.1) is 6.92 Å². The monoisotopic (exact) mass is 436 g/mol. The van der Waals surface area contributed by atoms with Crippen LogP contribution in [0.3, 0.4) is 0 Å². The van der Waals surface area contributed by atoms with Crippen molar-refractivity contribution in [3.05, 3.63) is 89.5 Å². The second kappa shape index (κ2) is 8.53. The number of fused-ring (bicyclic) bond motifs is 1. The van der Waals surface area contributed by atoms with E-state index in [0.29, 0.717) is 17.9 Å². The van der Waals surface area contributed by atoms with Crippen LogP contribution < -0.4 is 10.1 Å². The lowest BCUT2D eigenvalue weighted by Crippen LogP contribution is -2.50. The molecule has 7 heteroatoms. The molecule has 0 aliphatic carbocycles. The lowest BCUT2D eigenvalue weighted by molar-refractivity contribution is -0.120. The number of carbonyl (C=O) groups excluding carboxylic acids is 1. The Bertz CT molecular complexity index is 1210. The Hall–Kier alpha value is -3.16. The first kappa shape index (κ1) is 21.1. The summed E-state index contributed by atoms with van der Waals surface area (Å²) in [5.74, 6) is 0.220. The van der Waals surface area contributed by atoms with Crippen LogP contribution in [0.1, 0.15) is 16.7 Å². The van der Waals surface area contributed by atoms with Crippen molar-refractivity contribution in [2.45, 2.75) is 30.8 Å². The number of rotatable bonds is 5. The van der Waals surface area contributed by atoms with Crippen molar-refractivity contribution >= 4 is 21.6 Å². The van der Waals surface area contributed by atoms with Gasteiger partial charge in [-0.1, -0.05) is 42.5 Å². The van der Waals surface area contributed by atoms with Crippen molar-refractivity contribution < 1.29 is 17.9 Å². The number of methoxy groups -OCH3 is 1. The first-order chi connectivity index (χ1) is 14.9. The van der Waals surface area contributed by atoms with Gasteiger partial charge in [0.1, 0.15) is 11.8 Å². The van der Waals surface area contributed by atoms with Crippen LogP contribution in [0.2, 0.25) is 0 Å². The summed E-state index contributed by atoms with van der Waals surface area (Å²) >= 11 is 0. The van der Waals surface area contributed by atoms with Crippen molar-refractivity contribution in [3.63, 3.8) is 0 Å². The van der Waals surface area contributed by atoms with E-state index in [2.05, 4.69) is 5.32 Å². The fourth-order valence-electron chi connectivity index (χ4n) is 3.79. The fourth-order valence-corrected chi connectivity index (χ4v) is 5.35. The Labute approximate surface area is 182 Å². The van der Waals surface area contributed by atoms with Crippen molar-refractivity contribution in [2.75, 3.05) is 12.4 Å². The Balaban J connectivity index is 1.71. The van der Waals surface area contributed by atoms with Gasteiger partial charge >= 0.3 is 0 Å². The number of benzene rings is 3. The third kappa shape index (κ3) is 4.19. The number of amides is 1. The number of para-hydroxylation sites is 1. The van der Waals surface area contributed by atoms with E-state index in [1.165, 1.54) is 23.5 Å². The Morgan fingerprint density at radius 1 is 0.968 bits per heavy atom. The molecule has 3 aromatic rings. The van der Waals surface area contributed by atoms with Gasteiger partial charge in [-0.3, -0.25) is 4.79 Å². The molecule has 0 fully saturated rings. The molecule has 6 nitrogen and oxygen atoms in total. The molecular formula is C24H24N2O4S. The average molecular weight is 437 g/mol. The number of ether oxygens (including phenoxy) is 1. The van der Waals surface area contributed by atoms with Gasteiger partial charge in [-0.25, -0.2) is 8.42 Å². The maximum Gasteiger partial charge on any atom is 0.244 e. The highest BCUT2D eigenvalue weighted by Crippen LogP contribution is 2.30. The lowest BCUT2D eigenvalue weighted by atomic mass is 9.95. The van der Waals surface area contributed by atoms with E-state index in [1.54, 1.807) is 12.1 Å². The Morgan fingerprint density at radius 3 is 2.29 bits per heavy atom. The zero-order valence-electron chi connectivity index (χ0n) is 17.4. The maximum absolute atomic E-state index is 13.5. The van der Waals surface area contributed by atoms with Gasteiger partial charge in [0, 0.05) is 12.2 Å². The van der Waals surface area contributed by atoms with Crippen LogP contribution in [-0.4, -0.2) is 31.8 Å². The largest absolute Gasteiger partial charge is 0.497 e. The number of sulfonamides is 1. The van der Waals surface area contributed by atoms with Crippen LogP contribution in [0.5, 0.6) is 5.75 Å². The third-order valence-electron chi connectivity index (χ3n) is 5.58. The molecule has 0 radical (unpaired) electrons. The van der Waals surface area contributed by atoms with E-state index in [4.69, 9.17) is 4.74 Å². The zero-order valence-corrected chi connectivity index (χ0v) is 18.2. The normalized spacial score (nSPS) is 16.4. The predicted octanol–water partition coefficient (Wildman–Crippen LogP) is 3.76. The summed E-state index contributed by atoms with van der Waals surface area (Å²) in [4.78, 5) is 13.4. The van der Waals surface area contributed by atoms with Crippen LogP contribution in [0.15, 0.2) is 77.7 Å². The molecule has 1 amide bonds. The van der Waals surface area contributed by atoms with Gasteiger partial charge in [0.15, 0.2) is 0 Å². The highest BCUT2D eigenvalue weighted by Gasteiger charge is 2.39. The van der Waals surface area contributed by atoms with Gasteiger partial charge in [0.05, 0.1) is 12.0 Å². The fraction of sp³-hybridized carbons (Fsp3) is 0.208. The predicted molar refractivity (Wildman–Crippen MR) is 119 cm³/mol. The van der Waals surface area contributed by atoms with Gasteiger partial charge in [-0.2, -0.15) is 4.31 Å². The molecule has 160 valence electrons. The highest BCUT2D eigenvalue weighted by atomic mass is 32.2. The molecule has 1 heterocycles. The molecule has 0 saturated heterocycles. The number of anilines is 1. The highest BCUT2D eigenvalue weighted by molar-refractivity contribution is 7.89. The van der Waals surface area contributed by atoms with E-state index in [1.807, 2.05) is 55.5 Å². The van der Waals surface area contributed by atoms with Crippen molar-refractivity contribution in [3.8, 4) is 5.75 Å². The van der Waals surface area contributed by atoms with E-state index in [9.17, 15) is 13.2 Å². The molecule has 1 atom stereocenters. The summed E-state index contributed by atoms with van der Waals surface area (Å²) in [5.41, 5.74) is 3.47. The average Bonchev–Trinajstić information content (AvgIpc) is 2.79. The first-order valence-corrected chi connectivity index (χ1v) is 11.4. The standard InChI is InChI=1S/C24H24N2O4S/c1-17-7-3-6-10-22(17)25-24(27)23-15-18-8-4-5-9-19(18)16-26(23)31(28,29)21-13-11-20(30-2)12-14-21/h3-14,23H,15-16H2,1-2H3,(H,25,27)/t23-/m1/s1. The van der Waals surface area contributed by atoms with E-state index in [0.717, 1.165) is 16.7 Å². The molecule has 1 aliphatic heterocycles. The second-order valence-electron chi connectivity index (χ2n) is 7.52. The number of nitrogens with one attached hydrogen (secondary N) is 1. The molecule has 4 rings (SSSR count). The number of carbonyl (C=O) groups is 1. The molecule has 0 spiro atoms. The van der Waals surface area contributed by atoms with Crippen molar-refractivity contribution in [1.82, 2.24) is 4.31 Å². The summed E-state index contributed by atoms with van der Waals surface area (Å²) in [5, 5.41) is 2.92. The summed E-state index contributed by atoms with van der Waals surface area (Å²) in [6, 6.07) is 20.4. The number of nitrogens with zero attached hydrogens (tertiary/aromatic N) is 1. The van der Waals surface area contributed by atoms with Gasteiger partial charge in [-0.15, -0.1) is 0 Å². The van der Waals surface area contributed by atoms with Gasteiger partial charge < -0.3 is 10.1 Å². The lowest BCUT2D eigenvalue weighted by Gasteiger charge is -2.35. The minimum Gasteiger partial charge on any atom is -0.497 e. The second-order valence-corrected chi connectivity index (χ2v) is 9.41. The maximum atomic E-state index is 13.5. The van der Waals surface area contributed by atoms with Gasteiger partial charge in [-0.05, 0) is 60.4 Å². The topological polar surface area (TPSA) is 75.7 Å². The quantitative estimate of drug-likeness (QED) is 0.661. The van der Waals surface area contributed by atoms with Crippen LogP contribution in [0.25, 0.3) is 0 Å². The van der Waals surface area contributed by atoms with E-state index >= 15 is 0 Å². The molecule has 3 aromatic carbocycles. The molecule has 0 saturated carbocycles. The number of aryl methyl sites for hydroxylation is 1. The minimum absolute atomic E-state index is 0.126.